The molecule has 0 spiro atoms. The first-order chi connectivity index (χ1) is 10.6. The van der Waals surface area contributed by atoms with Gasteiger partial charge in [-0.2, -0.15) is 21.6 Å². The Morgan fingerprint density at radius 1 is 1.30 bits per heavy atom. The van der Waals surface area contributed by atoms with E-state index in [0.29, 0.717) is 0 Å². The Kier molecular flexibility index (Phi) is 4.19. The highest BCUT2D eigenvalue weighted by Gasteiger charge is 2.47. The molecule has 3 rings (SSSR count). The van der Waals surface area contributed by atoms with Crippen LogP contribution in [0.3, 0.4) is 0 Å². The molecule has 1 aliphatic heterocycles. The Hall–Kier alpha value is -0.770. The number of thioether (sulfide) groups is 1. The van der Waals surface area contributed by atoms with Gasteiger partial charge in [0.2, 0.25) is 0 Å². The second-order valence-corrected chi connectivity index (χ2v) is 9.52. The van der Waals surface area contributed by atoms with Gasteiger partial charge in [0, 0.05) is 9.41 Å². The lowest BCUT2D eigenvalue weighted by atomic mass is 10.1. The van der Waals surface area contributed by atoms with E-state index in [9.17, 15) is 21.6 Å². The molecule has 23 heavy (non-hydrogen) atoms. The molecule has 0 amide bonds. The maximum atomic E-state index is 12.3. The van der Waals surface area contributed by atoms with Gasteiger partial charge in [0.05, 0.1) is 11.9 Å². The van der Waals surface area contributed by atoms with Crippen molar-refractivity contribution >= 4 is 44.4 Å². The molecule has 0 fully saturated rings. The fourth-order valence-corrected chi connectivity index (χ4v) is 5.63. The summed E-state index contributed by atoms with van der Waals surface area (Å²) in [5, 5.41) is 1.17. The largest absolute Gasteiger partial charge is 0.523 e. The van der Waals surface area contributed by atoms with E-state index in [-0.39, 0.29) is 11.7 Å². The monoisotopic (exact) mass is 382 g/mol. The van der Waals surface area contributed by atoms with E-state index >= 15 is 0 Å². The molecule has 0 saturated heterocycles. The molecule has 0 radical (unpaired) electrons. The van der Waals surface area contributed by atoms with Crippen LogP contribution < -0.4 is 9.75 Å². The lowest BCUT2D eigenvalue weighted by molar-refractivity contribution is -0.0540. The minimum atomic E-state index is -5.53. The summed E-state index contributed by atoms with van der Waals surface area (Å²) in [5.41, 5.74) is -3.28. The average Bonchev–Trinajstić information content (AvgIpc) is 3.01. The van der Waals surface area contributed by atoms with Crippen LogP contribution in [0.2, 0.25) is 0 Å². The fourth-order valence-electron chi connectivity index (χ4n) is 2.71. The van der Waals surface area contributed by atoms with E-state index < -0.39 is 22.2 Å². The number of hydrogen-bond acceptors (Lipinski definition) is 5. The molecule has 2 aliphatic rings. The van der Waals surface area contributed by atoms with Crippen LogP contribution in [-0.2, 0) is 14.3 Å². The maximum absolute atomic E-state index is 12.3. The normalized spacial score (nSPS) is 20.7. The molecule has 1 aromatic heterocycles. The van der Waals surface area contributed by atoms with E-state index in [2.05, 4.69) is 16.3 Å². The molecule has 1 aromatic rings. The molecule has 0 bridgehead atoms. The highest BCUT2D eigenvalue weighted by molar-refractivity contribution is 8.04. The molecule has 0 aromatic carbocycles. The van der Waals surface area contributed by atoms with Crippen molar-refractivity contribution in [1.82, 2.24) is 0 Å². The van der Waals surface area contributed by atoms with E-state index in [0.717, 1.165) is 30.7 Å². The second-order valence-electron chi connectivity index (χ2n) is 5.31. The summed E-state index contributed by atoms with van der Waals surface area (Å²) >= 11 is 3.22. The molecule has 9 heteroatoms. The average molecular weight is 382 g/mol. The van der Waals surface area contributed by atoms with Gasteiger partial charge in [0.1, 0.15) is 0 Å². The molecule has 126 valence electrons. The van der Waals surface area contributed by atoms with Crippen LogP contribution in [0, 0.1) is 6.92 Å². The summed E-state index contributed by atoms with van der Waals surface area (Å²) in [4.78, 5) is 2.26. The van der Waals surface area contributed by atoms with Crippen LogP contribution >= 0.6 is 23.1 Å². The Labute approximate surface area is 139 Å². The second kappa shape index (κ2) is 5.65. The molecular weight excluding hydrogens is 369 g/mol. The Balaban J connectivity index is 1.85. The van der Waals surface area contributed by atoms with Crippen molar-refractivity contribution in [3.05, 3.63) is 31.7 Å². The Morgan fingerprint density at radius 2 is 2.00 bits per heavy atom. The summed E-state index contributed by atoms with van der Waals surface area (Å²) in [6, 6.07) is 2.07. The summed E-state index contributed by atoms with van der Waals surface area (Å²) in [6.45, 7) is 3.45. The van der Waals surface area contributed by atoms with Crippen LogP contribution in [0.4, 0.5) is 13.2 Å². The third-order valence-corrected chi connectivity index (χ3v) is 7.05. The van der Waals surface area contributed by atoms with Crippen LogP contribution in [0.15, 0.2) is 17.0 Å². The zero-order valence-electron chi connectivity index (χ0n) is 12.2. The molecule has 0 N–H and O–H groups in total. The number of rotatable bonds is 4. The minimum absolute atomic E-state index is 0.0639. The maximum Gasteiger partial charge on any atom is 0.523 e. The Morgan fingerprint density at radius 3 is 2.65 bits per heavy atom. The SMILES string of the molecule is CC1=CC2=c3cc(C)sc3=C(CCOS(=O)(=O)C(F)(F)F)C2S1. The number of allylic oxidation sites excluding steroid dienone is 2. The van der Waals surface area contributed by atoms with Crippen LogP contribution in [0.25, 0.3) is 11.1 Å². The third-order valence-electron chi connectivity index (χ3n) is 3.61. The highest BCUT2D eigenvalue weighted by atomic mass is 32.2. The van der Waals surface area contributed by atoms with Crippen molar-refractivity contribution < 1.29 is 25.8 Å². The van der Waals surface area contributed by atoms with E-state index in [1.54, 1.807) is 23.1 Å². The highest BCUT2D eigenvalue weighted by Crippen LogP contribution is 2.43. The Bertz CT molecular complexity index is 907. The number of fused-ring (bicyclic) bond motifs is 2. The summed E-state index contributed by atoms with van der Waals surface area (Å²) in [6.07, 6.45) is 2.24. The molecule has 0 saturated carbocycles. The van der Waals surface area contributed by atoms with E-state index in [1.165, 1.54) is 0 Å². The number of thiophene rings is 1. The first-order valence-corrected chi connectivity index (χ1v) is 9.85. The first-order valence-electron chi connectivity index (χ1n) is 6.74. The van der Waals surface area contributed by atoms with Gasteiger partial charge >= 0.3 is 15.6 Å². The lowest BCUT2D eigenvalue weighted by Crippen LogP contribution is -2.26. The van der Waals surface area contributed by atoms with Gasteiger partial charge < -0.3 is 0 Å². The number of aryl methyl sites for hydroxylation is 1. The quantitative estimate of drug-likeness (QED) is 0.593. The predicted molar refractivity (Wildman–Crippen MR) is 85.8 cm³/mol. The van der Waals surface area contributed by atoms with Crippen molar-refractivity contribution in [2.75, 3.05) is 6.61 Å². The summed E-state index contributed by atoms with van der Waals surface area (Å²) < 4.78 is 64.1. The topological polar surface area (TPSA) is 43.4 Å². The smallest absolute Gasteiger partial charge is 0.263 e. The van der Waals surface area contributed by atoms with Gasteiger partial charge in [-0.25, -0.2) is 0 Å². The summed E-state index contributed by atoms with van der Waals surface area (Å²) in [5.74, 6) is 0. The van der Waals surface area contributed by atoms with Gasteiger partial charge in [-0.15, -0.1) is 23.1 Å². The van der Waals surface area contributed by atoms with Gasteiger partial charge in [0.25, 0.3) is 0 Å². The van der Waals surface area contributed by atoms with E-state index in [1.807, 2.05) is 13.8 Å². The molecule has 1 atom stereocenters. The van der Waals surface area contributed by atoms with Crippen molar-refractivity contribution in [3.8, 4) is 0 Å². The third kappa shape index (κ3) is 2.99. The van der Waals surface area contributed by atoms with Crippen molar-refractivity contribution in [3.63, 3.8) is 0 Å². The number of alkyl halides is 3. The van der Waals surface area contributed by atoms with Crippen molar-refractivity contribution in [2.45, 2.75) is 31.0 Å². The molecule has 1 aliphatic carbocycles. The van der Waals surface area contributed by atoms with Gasteiger partial charge in [-0.05, 0) is 53.7 Å². The van der Waals surface area contributed by atoms with Crippen LogP contribution in [-0.4, -0.2) is 25.8 Å². The van der Waals surface area contributed by atoms with Crippen LogP contribution in [0.5, 0.6) is 0 Å². The summed E-state index contributed by atoms with van der Waals surface area (Å²) in [7, 11) is -5.53. The van der Waals surface area contributed by atoms with Gasteiger partial charge in [-0.1, -0.05) is 0 Å². The lowest BCUT2D eigenvalue weighted by Gasteiger charge is -2.13. The minimum Gasteiger partial charge on any atom is -0.263 e. The molecule has 1 unspecified atom stereocenters. The van der Waals surface area contributed by atoms with Gasteiger partial charge in [-0.3, -0.25) is 4.18 Å². The van der Waals surface area contributed by atoms with E-state index in [4.69, 9.17) is 0 Å². The molecular formula is C14H13F3O3S3. The van der Waals surface area contributed by atoms with Crippen molar-refractivity contribution in [1.29, 1.82) is 0 Å². The van der Waals surface area contributed by atoms with Crippen molar-refractivity contribution in [2.24, 2.45) is 0 Å². The zero-order valence-corrected chi connectivity index (χ0v) is 14.7. The first kappa shape index (κ1) is 17.1. The zero-order chi connectivity index (χ0) is 17.0. The standard InChI is InChI=1S/C14H13F3O3S3/c1-7-5-10-11-6-8(2)22-13(11)9(12(10)21-7)3-4-20-23(18,19)14(15,16)17/h5-6,12H,3-4H2,1-2H3. The molecule has 3 nitrogen and oxygen atoms in total. The molecule has 2 heterocycles. The number of hydrogen-bond donors (Lipinski definition) is 0. The van der Waals surface area contributed by atoms with Gasteiger partial charge in [0.15, 0.2) is 0 Å². The predicted octanol–water partition coefficient (Wildman–Crippen LogP) is 2.65. The van der Waals surface area contributed by atoms with Crippen LogP contribution in [0.1, 0.15) is 18.2 Å². The number of halogens is 3. The fraction of sp³-hybridized carbons (Fsp3) is 0.429.